The number of rotatable bonds is 8. The summed E-state index contributed by atoms with van der Waals surface area (Å²) in [6.07, 6.45) is 0.749. The SMILES string of the molecule is CC(C)COc1ccc(C(=O)Nc2ccc(C(=O)NC[C@H]3OCCc4ccccc43)cc2)cc1. The first-order valence-electron chi connectivity index (χ1n) is 11.6. The maximum Gasteiger partial charge on any atom is 0.255 e. The summed E-state index contributed by atoms with van der Waals surface area (Å²) in [6.45, 7) is 5.86. The van der Waals surface area contributed by atoms with Gasteiger partial charge in [0.2, 0.25) is 0 Å². The number of hydrogen-bond donors (Lipinski definition) is 2. The predicted molar refractivity (Wildman–Crippen MR) is 132 cm³/mol. The van der Waals surface area contributed by atoms with Crippen LogP contribution in [-0.2, 0) is 11.2 Å². The van der Waals surface area contributed by atoms with Crippen LogP contribution >= 0.6 is 0 Å². The molecule has 2 amide bonds. The van der Waals surface area contributed by atoms with Gasteiger partial charge in [-0.2, -0.15) is 0 Å². The molecule has 0 aliphatic carbocycles. The Labute approximate surface area is 200 Å². The zero-order valence-electron chi connectivity index (χ0n) is 19.5. The van der Waals surface area contributed by atoms with E-state index >= 15 is 0 Å². The van der Waals surface area contributed by atoms with Crippen LogP contribution in [0.25, 0.3) is 0 Å². The molecule has 0 radical (unpaired) electrons. The molecular weight excluding hydrogens is 428 g/mol. The first-order chi connectivity index (χ1) is 16.5. The Morgan fingerprint density at radius 1 is 0.941 bits per heavy atom. The van der Waals surface area contributed by atoms with Crippen LogP contribution in [0.2, 0.25) is 0 Å². The minimum atomic E-state index is -0.222. The van der Waals surface area contributed by atoms with Gasteiger partial charge in [-0.15, -0.1) is 0 Å². The van der Waals surface area contributed by atoms with E-state index in [1.807, 2.05) is 12.1 Å². The molecular formula is C28H30N2O4. The van der Waals surface area contributed by atoms with E-state index in [9.17, 15) is 9.59 Å². The Morgan fingerprint density at radius 2 is 1.62 bits per heavy atom. The Hall–Kier alpha value is -3.64. The fraction of sp³-hybridized carbons (Fsp3) is 0.286. The molecule has 0 fully saturated rings. The average Bonchev–Trinajstić information content (AvgIpc) is 2.86. The van der Waals surface area contributed by atoms with E-state index in [-0.39, 0.29) is 17.9 Å². The zero-order valence-corrected chi connectivity index (χ0v) is 19.5. The van der Waals surface area contributed by atoms with E-state index in [0.717, 1.165) is 17.7 Å². The van der Waals surface area contributed by atoms with Gasteiger partial charge in [0.05, 0.1) is 13.2 Å². The Morgan fingerprint density at radius 3 is 2.35 bits per heavy atom. The van der Waals surface area contributed by atoms with Crippen LogP contribution in [0.4, 0.5) is 5.69 Å². The minimum absolute atomic E-state index is 0.144. The third-order valence-corrected chi connectivity index (χ3v) is 5.65. The van der Waals surface area contributed by atoms with Gasteiger partial charge in [-0.1, -0.05) is 38.1 Å². The van der Waals surface area contributed by atoms with Gasteiger partial charge in [0.1, 0.15) is 11.9 Å². The van der Waals surface area contributed by atoms with E-state index in [4.69, 9.17) is 9.47 Å². The van der Waals surface area contributed by atoms with Gasteiger partial charge >= 0.3 is 0 Å². The molecule has 0 saturated heterocycles. The normalized spacial score (nSPS) is 14.9. The second kappa shape index (κ2) is 11.0. The van der Waals surface area contributed by atoms with Crippen molar-refractivity contribution in [3.05, 3.63) is 95.1 Å². The standard InChI is InChI=1S/C28H30N2O4/c1-19(2)18-34-24-13-9-22(10-14-24)28(32)30-23-11-7-21(8-12-23)27(31)29-17-26-25-6-4-3-5-20(25)15-16-33-26/h3-14,19,26H,15-18H2,1-2H3,(H,29,31)(H,30,32)/t26-/m1/s1. The molecule has 0 bridgehead atoms. The molecule has 0 unspecified atom stereocenters. The molecule has 1 heterocycles. The van der Waals surface area contributed by atoms with Crippen molar-refractivity contribution in [1.29, 1.82) is 0 Å². The molecule has 3 aromatic carbocycles. The Bertz CT molecular complexity index is 1120. The van der Waals surface area contributed by atoms with Gasteiger partial charge in [-0.3, -0.25) is 9.59 Å². The number of benzene rings is 3. The van der Waals surface area contributed by atoms with Gasteiger partial charge in [0.15, 0.2) is 0 Å². The molecule has 1 atom stereocenters. The molecule has 4 rings (SSSR count). The molecule has 6 heteroatoms. The average molecular weight is 459 g/mol. The summed E-state index contributed by atoms with van der Waals surface area (Å²) in [6, 6.07) is 22.1. The van der Waals surface area contributed by atoms with Gasteiger partial charge in [-0.05, 0) is 72.0 Å². The number of carbonyl (C=O) groups excluding carboxylic acids is 2. The van der Waals surface area contributed by atoms with Gasteiger partial charge in [0, 0.05) is 23.4 Å². The van der Waals surface area contributed by atoms with Crippen molar-refractivity contribution in [3.63, 3.8) is 0 Å². The molecule has 34 heavy (non-hydrogen) atoms. The maximum absolute atomic E-state index is 12.6. The van der Waals surface area contributed by atoms with E-state index in [1.165, 1.54) is 5.56 Å². The molecule has 2 N–H and O–H groups in total. The predicted octanol–water partition coefficient (Wildman–Crippen LogP) is 5.02. The van der Waals surface area contributed by atoms with E-state index in [2.05, 4.69) is 36.6 Å². The fourth-order valence-corrected chi connectivity index (χ4v) is 3.81. The molecule has 1 aliphatic heterocycles. The molecule has 3 aromatic rings. The number of hydrogen-bond acceptors (Lipinski definition) is 4. The Balaban J connectivity index is 1.30. The van der Waals surface area contributed by atoms with Crippen molar-refractivity contribution in [2.45, 2.75) is 26.4 Å². The summed E-state index contributed by atoms with van der Waals surface area (Å²) in [5.74, 6) is 0.773. The lowest BCUT2D eigenvalue weighted by Crippen LogP contribution is -2.31. The number of ether oxygens (including phenoxy) is 2. The van der Waals surface area contributed by atoms with E-state index < -0.39 is 0 Å². The number of amides is 2. The van der Waals surface area contributed by atoms with Gasteiger partial charge in [-0.25, -0.2) is 0 Å². The number of anilines is 1. The Kier molecular flexibility index (Phi) is 7.60. The summed E-state index contributed by atoms with van der Waals surface area (Å²) in [5.41, 5.74) is 4.07. The van der Waals surface area contributed by atoms with Crippen molar-refractivity contribution in [3.8, 4) is 5.75 Å². The highest BCUT2D eigenvalue weighted by atomic mass is 16.5. The summed E-state index contributed by atoms with van der Waals surface area (Å²) in [4.78, 5) is 25.2. The van der Waals surface area contributed by atoms with Gasteiger partial charge < -0.3 is 20.1 Å². The third-order valence-electron chi connectivity index (χ3n) is 5.65. The maximum atomic E-state index is 12.6. The lowest BCUT2D eigenvalue weighted by Gasteiger charge is -2.26. The molecule has 0 aromatic heterocycles. The van der Waals surface area contributed by atoms with Crippen LogP contribution in [0.5, 0.6) is 5.75 Å². The minimum Gasteiger partial charge on any atom is -0.493 e. The quantitative estimate of drug-likeness (QED) is 0.497. The largest absolute Gasteiger partial charge is 0.493 e. The number of carbonyl (C=O) groups is 2. The number of nitrogens with one attached hydrogen (secondary N) is 2. The summed E-state index contributed by atoms with van der Waals surface area (Å²) in [5, 5.41) is 5.81. The molecule has 0 spiro atoms. The number of fused-ring (bicyclic) bond motifs is 1. The highest BCUT2D eigenvalue weighted by molar-refractivity contribution is 6.04. The van der Waals surface area contributed by atoms with Crippen molar-refractivity contribution in [2.75, 3.05) is 25.1 Å². The lowest BCUT2D eigenvalue weighted by molar-refractivity contribution is 0.0411. The first kappa shape index (κ1) is 23.5. The molecule has 6 nitrogen and oxygen atoms in total. The van der Waals surface area contributed by atoms with Crippen molar-refractivity contribution in [1.82, 2.24) is 5.32 Å². The molecule has 1 aliphatic rings. The first-order valence-corrected chi connectivity index (χ1v) is 11.6. The summed E-state index contributed by atoms with van der Waals surface area (Å²) >= 11 is 0. The monoisotopic (exact) mass is 458 g/mol. The van der Waals surface area contributed by atoms with Crippen molar-refractivity contribution < 1.29 is 19.1 Å². The zero-order chi connectivity index (χ0) is 23.9. The molecule has 0 saturated carbocycles. The highest BCUT2D eigenvalue weighted by Gasteiger charge is 2.21. The third kappa shape index (κ3) is 6.02. The van der Waals surface area contributed by atoms with Crippen LogP contribution < -0.4 is 15.4 Å². The van der Waals surface area contributed by atoms with Crippen LogP contribution in [-0.4, -0.2) is 31.6 Å². The lowest BCUT2D eigenvalue weighted by atomic mass is 9.97. The second-order valence-corrected chi connectivity index (χ2v) is 8.78. The van der Waals surface area contributed by atoms with Crippen LogP contribution in [0.15, 0.2) is 72.8 Å². The summed E-state index contributed by atoms with van der Waals surface area (Å²) < 4.78 is 11.5. The van der Waals surface area contributed by atoms with E-state index in [1.54, 1.807) is 48.5 Å². The highest BCUT2D eigenvalue weighted by Crippen LogP contribution is 2.26. The summed E-state index contributed by atoms with van der Waals surface area (Å²) in [7, 11) is 0. The topological polar surface area (TPSA) is 76.7 Å². The van der Waals surface area contributed by atoms with Gasteiger partial charge in [0.25, 0.3) is 11.8 Å². The van der Waals surface area contributed by atoms with E-state index in [0.29, 0.717) is 42.5 Å². The van der Waals surface area contributed by atoms with Crippen LogP contribution in [0, 0.1) is 5.92 Å². The van der Waals surface area contributed by atoms with Crippen molar-refractivity contribution >= 4 is 17.5 Å². The van der Waals surface area contributed by atoms with Crippen LogP contribution in [0.1, 0.15) is 51.8 Å². The van der Waals surface area contributed by atoms with Crippen molar-refractivity contribution in [2.24, 2.45) is 5.92 Å². The second-order valence-electron chi connectivity index (χ2n) is 8.78. The van der Waals surface area contributed by atoms with Crippen LogP contribution in [0.3, 0.4) is 0 Å². The fourth-order valence-electron chi connectivity index (χ4n) is 3.81. The smallest absolute Gasteiger partial charge is 0.255 e. The molecule has 176 valence electrons.